The first kappa shape index (κ1) is 21.4. The topological polar surface area (TPSA) is 73.9 Å². The molecule has 6 heteroatoms. The van der Waals surface area contributed by atoms with Crippen molar-refractivity contribution in [1.29, 1.82) is 0 Å². The molecular formula is C22H27NO5. The third-order valence-corrected chi connectivity index (χ3v) is 4.10. The Morgan fingerprint density at radius 1 is 1.00 bits per heavy atom. The molecule has 0 spiro atoms. The van der Waals surface area contributed by atoms with E-state index in [9.17, 15) is 9.59 Å². The Bertz CT molecular complexity index is 728. The molecule has 0 aliphatic heterocycles. The summed E-state index contributed by atoms with van der Waals surface area (Å²) in [5.41, 5.74) is 2.88. The van der Waals surface area contributed by atoms with Crippen molar-refractivity contribution < 1.29 is 23.8 Å². The van der Waals surface area contributed by atoms with Gasteiger partial charge in [-0.2, -0.15) is 0 Å². The van der Waals surface area contributed by atoms with Crippen LogP contribution in [0.15, 0.2) is 48.5 Å². The molecule has 0 saturated heterocycles. The van der Waals surface area contributed by atoms with E-state index in [0.29, 0.717) is 32.7 Å². The van der Waals surface area contributed by atoms with Crippen LogP contribution in [0.3, 0.4) is 0 Å². The molecule has 0 fully saturated rings. The number of ether oxygens (including phenoxy) is 3. The lowest BCUT2D eigenvalue weighted by Crippen LogP contribution is -2.28. The van der Waals surface area contributed by atoms with Gasteiger partial charge in [-0.1, -0.05) is 24.3 Å². The summed E-state index contributed by atoms with van der Waals surface area (Å²) in [6.07, 6.45) is 1.30. The molecule has 1 amide bonds. The molecule has 1 unspecified atom stereocenters. The highest BCUT2D eigenvalue weighted by atomic mass is 16.6. The molecule has 28 heavy (non-hydrogen) atoms. The molecule has 1 atom stereocenters. The maximum Gasteiger partial charge on any atom is 0.335 e. The smallest absolute Gasteiger partial charge is 0.335 e. The van der Waals surface area contributed by atoms with Gasteiger partial charge in [-0.25, -0.2) is 4.79 Å². The Kier molecular flexibility index (Phi) is 9.01. The van der Waals surface area contributed by atoms with E-state index in [1.54, 1.807) is 6.92 Å². The molecule has 150 valence electrons. The molecule has 0 aromatic heterocycles. The van der Waals surface area contributed by atoms with E-state index in [1.807, 2.05) is 55.5 Å². The van der Waals surface area contributed by atoms with Crippen LogP contribution in [0.1, 0.15) is 25.0 Å². The average molecular weight is 385 g/mol. The van der Waals surface area contributed by atoms with Crippen LogP contribution in [0.5, 0.6) is 5.75 Å². The minimum Gasteiger partial charge on any atom is -0.493 e. The first-order valence-corrected chi connectivity index (χ1v) is 9.45. The van der Waals surface area contributed by atoms with Crippen LogP contribution in [0.4, 0.5) is 5.69 Å². The Balaban J connectivity index is 1.82. The third kappa shape index (κ3) is 7.04. The lowest BCUT2D eigenvalue weighted by atomic mass is 10.1. The Morgan fingerprint density at radius 3 is 2.29 bits per heavy atom. The minimum atomic E-state index is -0.589. The van der Waals surface area contributed by atoms with E-state index in [0.717, 1.165) is 29.0 Å². The zero-order valence-corrected chi connectivity index (χ0v) is 16.4. The third-order valence-electron chi connectivity index (χ3n) is 4.10. The SMILES string of the molecule is CCOC(=O)C(Cc1ccc(OCCc2ccc(NC=O)cc2)cc1)OCC. The van der Waals surface area contributed by atoms with E-state index in [2.05, 4.69) is 5.32 Å². The van der Waals surface area contributed by atoms with E-state index >= 15 is 0 Å². The quantitative estimate of drug-likeness (QED) is 0.448. The van der Waals surface area contributed by atoms with Crippen molar-refractivity contribution in [2.75, 3.05) is 25.1 Å². The van der Waals surface area contributed by atoms with Crippen LogP contribution in [-0.4, -0.2) is 38.3 Å². The predicted octanol–water partition coefficient (Wildman–Crippen LogP) is 3.39. The number of benzene rings is 2. The fourth-order valence-corrected chi connectivity index (χ4v) is 2.70. The number of nitrogens with one attached hydrogen (secondary N) is 1. The molecule has 2 rings (SSSR count). The molecule has 0 aliphatic rings. The standard InChI is InChI=1S/C22H27NO5/c1-3-26-21(22(25)27-4-2)15-18-7-11-20(12-8-18)28-14-13-17-5-9-19(10-6-17)23-16-24/h5-12,16,21H,3-4,13-15H2,1-2H3,(H,23,24). The minimum absolute atomic E-state index is 0.334. The number of anilines is 1. The van der Waals surface area contributed by atoms with Gasteiger partial charge in [0.05, 0.1) is 13.2 Å². The average Bonchev–Trinajstić information content (AvgIpc) is 2.70. The number of hydrogen-bond acceptors (Lipinski definition) is 5. The first-order chi connectivity index (χ1) is 13.7. The molecule has 2 aromatic rings. The van der Waals surface area contributed by atoms with Crippen LogP contribution in [0, 0.1) is 0 Å². The second kappa shape index (κ2) is 11.8. The summed E-state index contributed by atoms with van der Waals surface area (Å²) in [5, 5.41) is 2.61. The van der Waals surface area contributed by atoms with E-state index < -0.39 is 6.10 Å². The molecule has 0 radical (unpaired) electrons. The lowest BCUT2D eigenvalue weighted by molar-refractivity contribution is -0.156. The second-order valence-electron chi connectivity index (χ2n) is 6.10. The van der Waals surface area contributed by atoms with Gasteiger partial charge in [0.2, 0.25) is 6.41 Å². The highest BCUT2D eigenvalue weighted by Crippen LogP contribution is 2.16. The number of carbonyl (C=O) groups excluding carboxylic acids is 2. The summed E-state index contributed by atoms with van der Waals surface area (Å²) in [6.45, 7) is 4.98. The number of rotatable bonds is 12. The van der Waals surface area contributed by atoms with Crippen molar-refractivity contribution in [2.45, 2.75) is 32.8 Å². The molecule has 2 aromatic carbocycles. The van der Waals surface area contributed by atoms with Crippen molar-refractivity contribution in [3.63, 3.8) is 0 Å². The Morgan fingerprint density at radius 2 is 1.68 bits per heavy atom. The zero-order valence-electron chi connectivity index (χ0n) is 16.4. The van der Waals surface area contributed by atoms with Crippen molar-refractivity contribution in [3.8, 4) is 5.75 Å². The Labute approximate surface area is 165 Å². The zero-order chi connectivity index (χ0) is 20.2. The highest BCUT2D eigenvalue weighted by molar-refractivity contribution is 5.75. The summed E-state index contributed by atoms with van der Waals surface area (Å²) in [5.74, 6) is 0.436. The van der Waals surface area contributed by atoms with Crippen LogP contribution in [0.25, 0.3) is 0 Å². The van der Waals surface area contributed by atoms with Gasteiger partial charge in [0.15, 0.2) is 6.10 Å². The van der Waals surface area contributed by atoms with Crippen LogP contribution >= 0.6 is 0 Å². The van der Waals surface area contributed by atoms with E-state index in [1.165, 1.54) is 0 Å². The van der Waals surface area contributed by atoms with Gasteiger partial charge in [-0.05, 0) is 49.2 Å². The molecule has 6 nitrogen and oxygen atoms in total. The van der Waals surface area contributed by atoms with Gasteiger partial charge < -0.3 is 19.5 Å². The van der Waals surface area contributed by atoms with Crippen molar-refractivity contribution in [1.82, 2.24) is 0 Å². The summed E-state index contributed by atoms with van der Waals surface area (Å²) in [7, 11) is 0. The van der Waals surface area contributed by atoms with Crippen LogP contribution < -0.4 is 10.1 Å². The van der Waals surface area contributed by atoms with Crippen LogP contribution in [0.2, 0.25) is 0 Å². The number of esters is 1. The maximum absolute atomic E-state index is 11.9. The number of carbonyl (C=O) groups is 2. The lowest BCUT2D eigenvalue weighted by Gasteiger charge is -2.15. The monoisotopic (exact) mass is 385 g/mol. The Hall–Kier alpha value is -2.86. The predicted molar refractivity (Wildman–Crippen MR) is 108 cm³/mol. The van der Waals surface area contributed by atoms with Gasteiger partial charge in [0.1, 0.15) is 5.75 Å². The van der Waals surface area contributed by atoms with Gasteiger partial charge >= 0.3 is 5.97 Å². The second-order valence-corrected chi connectivity index (χ2v) is 6.10. The van der Waals surface area contributed by atoms with Crippen molar-refractivity contribution >= 4 is 18.1 Å². The first-order valence-electron chi connectivity index (χ1n) is 9.45. The highest BCUT2D eigenvalue weighted by Gasteiger charge is 2.20. The normalized spacial score (nSPS) is 11.5. The van der Waals surface area contributed by atoms with Crippen LogP contribution in [-0.2, 0) is 31.9 Å². The molecule has 0 aliphatic carbocycles. The molecule has 0 heterocycles. The molecule has 1 N–H and O–H groups in total. The summed E-state index contributed by atoms with van der Waals surface area (Å²) < 4.78 is 16.3. The number of hydrogen-bond donors (Lipinski definition) is 1. The fraction of sp³-hybridized carbons (Fsp3) is 0.364. The molecular weight excluding hydrogens is 358 g/mol. The van der Waals surface area contributed by atoms with Gasteiger partial charge in [-0.3, -0.25) is 4.79 Å². The van der Waals surface area contributed by atoms with Crippen molar-refractivity contribution in [3.05, 3.63) is 59.7 Å². The van der Waals surface area contributed by atoms with E-state index in [4.69, 9.17) is 14.2 Å². The van der Waals surface area contributed by atoms with Gasteiger partial charge in [0.25, 0.3) is 0 Å². The summed E-state index contributed by atoms with van der Waals surface area (Å²) in [6, 6.07) is 15.3. The summed E-state index contributed by atoms with van der Waals surface area (Å²) >= 11 is 0. The fourth-order valence-electron chi connectivity index (χ4n) is 2.70. The number of amides is 1. The van der Waals surface area contributed by atoms with Gasteiger partial charge in [-0.15, -0.1) is 0 Å². The van der Waals surface area contributed by atoms with E-state index in [-0.39, 0.29) is 5.97 Å². The summed E-state index contributed by atoms with van der Waals surface area (Å²) in [4.78, 5) is 22.4. The largest absolute Gasteiger partial charge is 0.493 e. The maximum atomic E-state index is 11.9. The molecule has 0 bridgehead atoms. The molecule has 0 saturated carbocycles. The van der Waals surface area contributed by atoms with Crippen molar-refractivity contribution in [2.24, 2.45) is 0 Å². The van der Waals surface area contributed by atoms with Gasteiger partial charge in [0, 0.05) is 25.1 Å².